The van der Waals surface area contributed by atoms with Gasteiger partial charge in [0.1, 0.15) is 11.9 Å². The first kappa shape index (κ1) is 23.9. The summed E-state index contributed by atoms with van der Waals surface area (Å²) >= 11 is 1.67. The van der Waals surface area contributed by atoms with Gasteiger partial charge in [0.05, 0.1) is 0 Å². The monoisotopic (exact) mass is 430 g/mol. The van der Waals surface area contributed by atoms with E-state index in [9.17, 15) is 14.0 Å². The first-order chi connectivity index (χ1) is 14.2. The molecule has 1 N–H and O–H groups in total. The fourth-order valence-corrected chi connectivity index (χ4v) is 3.83. The molecular formula is C24H31FN2O2S. The second kappa shape index (κ2) is 11.2. The van der Waals surface area contributed by atoms with E-state index >= 15 is 0 Å². The average Bonchev–Trinajstić information content (AvgIpc) is 2.69. The van der Waals surface area contributed by atoms with Crippen molar-refractivity contribution in [1.29, 1.82) is 0 Å². The molecule has 0 aliphatic rings. The van der Waals surface area contributed by atoms with Crippen molar-refractivity contribution in [1.82, 2.24) is 10.2 Å². The van der Waals surface area contributed by atoms with Crippen molar-refractivity contribution in [2.24, 2.45) is 0 Å². The standard InChI is InChI=1S/C24H31FN2O2S/c1-18(23(29)26-24(2,3)4)27(16-20-12-8-9-13-21(20)25)22(28)14-15-30-17-19-10-6-5-7-11-19/h5-13,18H,14-17H2,1-4H3,(H,26,29). The number of halogens is 1. The van der Waals surface area contributed by atoms with Gasteiger partial charge in [0, 0.05) is 35.6 Å². The molecule has 2 rings (SSSR count). The van der Waals surface area contributed by atoms with Crippen molar-refractivity contribution in [3.05, 3.63) is 71.5 Å². The molecule has 0 aromatic heterocycles. The third kappa shape index (κ3) is 7.82. The molecule has 0 spiro atoms. The van der Waals surface area contributed by atoms with Gasteiger partial charge >= 0.3 is 0 Å². The molecule has 0 bridgehead atoms. The van der Waals surface area contributed by atoms with E-state index in [0.29, 0.717) is 17.7 Å². The zero-order chi connectivity index (χ0) is 22.1. The fraction of sp³-hybridized carbons (Fsp3) is 0.417. The first-order valence-electron chi connectivity index (χ1n) is 10.1. The quantitative estimate of drug-likeness (QED) is 0.583. The Balaban J connectivity index is 2.04. The van der Waals surface area contributed by atoms with E-state index in [1.807, 2.05) is 39.0 Å². The van der Waals surface area contributed by atoms with Crippen LogP contribution in [0.15, 0.2) is 54.6 Å². The van der Waals surface area contributed by atoms with Crippen LogP contribution in [0.5, 0.6) is 0 Å². The van der Waals surface area contributed by atoms with E-state index in [1.54, 1.807) is 36.9 Å². The number of rotatable bonds is 9. The van der Waals surface area contributed by atoms with Crippen LogP contribution < -0.4 is 5.32 Å². The van der Waals surface area contributed by atoms with Crippen molar-refractivity contribution in [3.63, 3.8) is 0 Å². The molecule has 1 unspecified atom stereocenters. The van der Waals surface area contributed by atoms with Crippen LogP contribution in [-0.4, -0.2) is 34.0 Å². The summed E-state index contributed by atoms with van der Waals surface area (Å²) in [7, 11) is 0. The van der Waals surface area contributed by atoms with Crippen molar-refractivity contribution in [2.75, 3.05) is 5.75 Å². The Hall–Kier alpha value is -2.34. The van der Waals surface area contributed by atoms with Gasteiger partial charge in [-0.25, -0.2) is 4.39 Å². The highest BCUT2D eigenvalue weighted by molar-refractivity contribution is 7.98. The maximum atomic E-state index is 14.2. The molecule has 30 heavy (non-hydrogen) atoms. The largest absolute Gasteiger partial charge is 0.350 e. The summed E-state index contributed by atoms with van der Waals surface area (Å²) in [5, 5.41) is 2.91. The minimum atomic E-state index is -0.699. The van der Waals surface area contributed by atoms with Gasteiger partial charge < -0.3 is 10.2 Å². The first-order valence-corrected chi connectivity index (χ1v) is 11.3. The van der Waals surface area contributed by atoms with Crippen LogP contribution in [0.3, 0.4) is 0 Å². The molecule has 0 aliphatic heterocycles. The molecule has 0 fully saturated rings. The van der Waals surface area contributed by atoms with E-state index in [0.717, 1.165) is 5.75 Å². The molecular weight excluding hydrogens is 399 g/mol. The number of benzene rings is 2. The molecule has 2 aromatic rings. The lowest BCUT2D eigenvalue weighted by molar-refractivity contribution is -0.141. The van der Waals surface area contributed by atoms with Crippen LogP contribution in [-0.2, 0) is 21.9 Å². The summed E-state index contributed by atoms with van der Waals surface area (Å²) in [6.45, 7) is 7.42. The summed E-state index contributed by atoms with van der Waals surface area (Å²) in [6.07, 6.45) is 0.291. The summed E-state index contributed by atoms with van der Waals surface area (Å²) in [5.41, 5.74) is 1.19. The Labute approximate surface area is 183 Å². The molecule has 2 amide bonds. The topological polar surface area (TPSA) is 49.4 Å². The van der Waals surface area contributed by atoms with Crippen LogP contribution in [0.2, 0.25) is 0 Å². The highest BCUT2D eigenvalue weighted by Gasteiger charge is 2.28. The predicted octanol–water partition coefficient (Wildman–Crippen LogP) is 4.78. The molecule has 2 aromatic carbocycles. The lowest BCUT2D eigenvalue weighted by Crippen LogP contribution is -2.52. The zero-order valence-corrected chi connectivity index (χ0v) is 19.0. The number of amides is 2. The molecule has 6 heteroatoms. The molecule has 0 saturated carbocycles. The van der Waals surface area contributed by atoms with E-state index in [1.165, 1.54) is 16.5 Å². The van der Waals surface area contributed by atoms with Crippen molar-refractivity contribution in [3.8, 4) is 0 Å². The fourth-order valence-electron chi connectivity index (χ4n) is 2.93. The second-order valence-corrected chi connectivity index (χ2v) is 9.42. The van der Waals surface area contributed by atoms with Crippen LogP contribution in [0.25, 0.3) is 0 Å². The normalized spacial score (nSPS) is 12.3. The Morgan fingerprint density at radius 2 is 1.70 bits per heavy atom. The third-order valence-electron chi connectivity index (χ3n) is 4.54. The highest BCUT2D eigenvalue weighted by atomic mass is 32.2. The second-order valence-electron chi connectivity index (χ2n) is 8.32. The smallest absolute Gasteiger partial charge is 0.242 e. The number of hydrogen-bond donors (Lipinski definition) is 1. The zero-order valence-electron chi connectivity index (χ0n) is 18.2. The van der Waals surface area contributed by atoms with Gasteiger partial charge in [0.2, 0.25) is 11.8 Å². The van der Waals surface area contributed by atoms with E-state index < -0.39 is 11.6 Å². The van der Waals surface area contributed by atoms with Gasteiger partial charge in [-0.05, 0) is 39.3 Å². The molecule has 0 radical (unpaired) electrons. The molecule has 0 saturated heterocycles. The van der Waals surface area contributed by atoms with Crippen molar-refractivity contribution < 1.29 is 14.0 Å². The van der Waals surface area contributed by atoms with Crippen LogP contribution >= 0.6 is 11.8 Å². The van der Waals surface area contributed by atoms with Crippen LogP contribution in [0.1, 0.15) is 45.2 Å². The predicted molar refractivity (Wildman–Crippen MR) is 122 cm³/mol. The van der Waals surface area contributed by atoms with Crippen molar-refractivity contribution >= 4 is 23.6 Å². The summed E-state index contributed by atoms with van der Waals surface area (Å²) in [5.74, 6) is 0.674. The SMILES string of the molecule is CC(C(=O)NC(C)(C)C)N(Cc1ccccc1F)C(=O)CCSCc1ccccc1. The van der Waals surface area contributed by atoms with Crippen LogP contribution in [0.4, 0.5) is 4.39 Å². The number of nitrogens with zero attached hydrogens (tertiary/aromatic N) is 1. The van der Waals surface area contributed by atoms with Gasteiger partial charge in [-0.15, -0.1) is 0 Å². The van der Waals surface area contributed by atoms with E-state index in [-0.39, 0.29) is 24.2 Å². The minimum absolute atomic E-state index is 0.0631. The maximum absolute atomic E-state index is 14.2. The summed E-state index contributed by atoms with van der Waals surface area (Å²) in [6, 6.07) is 15.7. The molecule has 162 valence electrons. The number of hydrogen-bond acceptors (Lipinski definition) is 3. The van der Waals surface area contributed by atoms with Gasteiger partial charge in [-0.3, -0.25) is 9.59 Å². The Morgan fingerprint density at radius 1 is 1.07 bits per heavy atom. The van der Waals surface area contributed by atoms with E-state index in [2.05, 4.69) is 17.4 Å². The molecule has 0 heterocycles. The summed E-state index contributed by atoms with van der Waals surface area (Å²) < 4.78 is 14.2. The number of nitrogens with one attached hydrogen (secondary N) is 1. The Bertz CT molecular complexity index is 837. The Kier molecular flexibility index (Phi) is 8.90. The number of thioether (sulfide) groups is 1. The van der Waals surface area contributed by atoms with E-state index in [4.69, 9.17) is 0 Å². The average molecular weight is 431 g/mol. The molecule has 0 aliphatic carbocycles. The summed E-state index contributed by atoms with van der Waals surface area (Å²) in [4.78, 5) is 27.2. The van der Waals surface area contributed by atoms with Gasteiger partial charge in [-0.2, -0.15) is 11.8 Å². The van der Waals surface area contributed by atoms with Gasteiger partial charge in [0.15, 0.2) is 0 Å². The van der Waals surface area contributed by atoms with Crippen molar-refractivity contribution in [2.45, 2.75) is 58.0 Å². The highest BCUT2D eigenvalue weighted by Crippen LogP contribution is 2.17. The Morgan fingerprint density at radius 3 is 2.33 bits per heavy atom. The van der Waals surface area contributed by atoms with Crippen LogP contribution in [0, 0.1) is 5.82 Å². The third-order valence-corrected chi connectivity index (χ3v) is 5.57. The lowest BCUT2D eigenvalue weighted by Gasteiger charge is -2.31. The maximum Gasteiger partial charge on any atom is 0.242 e. The minimum Gasteiger partial charge on any atom is -0.350 e. The van der Waals surface area contributed by atoms with Gasteiger partial charge in [0.25, 0.3) is 0 Å². The molecule has 4 nitrogen and oxygen atoms in total. The number of carbonyl (C=O) groups is 2. The molecule has 1 atom stereocenters. The van der Waals surface area contributed by atoms with Gasteiger partial charge in [-0.1, -0.05) is 48.5 Å². The lowest BCUT2D eigenvalue weighted by atomic mass is 10.1. The number of carbonyl (C=O) groups excluding carboxylic acids is 2.